The standard InChI is InChI=1S/C14H13NO2.ClH/c1-2-10-16-13(8-1)17-12-7-3-5-11-6-4-9-15-14(11)12;/h2-7,9-10,13H,1,8H2;1H. The molecule has 1 aliphatic heterocycles. The number of aromatic nitrogens is 1. The summed E-state index contributed by atoms with van der Waals surface area (Å²) in [6.07, 6.45) is 7.14. The molecule has 4 heteroatoms. The van der Waals surface area contributed by atoms with Gasteiger partial charge >= 0.3 is 0 Å². The fourth-order valence-corrected chi connectivity index (χ4v) is 1.91. The lowest BCUT2D eigenvalue weighted by Gasteiger charge is -2.21. The summed E-state index contributed by atoms with van der Waals surface area (Å²) >= 11 is 0. The van der Waals surface area contributed by atoms with Gasteiger partial charge in [0.25, 0.3) is 0 Å². The number of allylic oxidation sites excluding steroid dienone is 1. The number of benzene rings is 1. The molecule has 0 saturated carbocycles. The third-order valence-electron chi connectivity index (χ3n) is 2.75. The lowest BCUT2D eigenvalue weighted by molar-refractivity contribution is -0.0406. The Bertz CT molecular complexity index is 551. The molecule has 0 N–H and O–H groups in total. The number of pyridine rings is 1. The number of hydrogen-bond acceptors (Lipinski definition) is 3. The predicted octanol–water partition coefficient (Wildman–Crippen LogP) is 3.69. The first kappa shape index (κ1) is 12.7. The average molecular weight is 264 g/mol. The van der Waals surface area contributed by atoms with Gasteiger partial charge in [0.1, 0.15) is 11.3 Å². The van der Waals surface area contributed by atoms with Gasteiger partial charge in [0.2, 0.25) is 6.29 Å². The van der Waals surface area contributed by atoms with Crippen LogP contribution in [-0.2, 0) is 4.74 Å². The quantitative estimate of drug-likeness (QED) is 0.828. The Morgan fingerprint density at radius 1 is 1.22 bits per heavy atom. The minimum Gasteiger partial charge on any atom is -0.463 e. The number of nitrogens with zero attached hydrogens (tertiary/aromatic N) is 1. The summed E-state index contributed by atoms with van der Waals surface area (Å²) in [6.45, 7) is 0. The second-order valence-corrected chi connectivity index (χ2v) is 3.96. The molecule has 2 heterocycles. The Kier molecular flexibility index (Phi) is 4.05. The van der Waals surface area contributed by atoms with E-state index in [1.54, 1.807) is 12.5 Å². The molecule has 1 atom stereocenters. The molecule has 3 nitrogen and oxygen atoms in total. The van der Waals surface area contributed by atoms with Gasteiger partial charge in [0.15, 0.2) is 0 Å². The van der Waals surface area contributed by atoms with Crippen LogP contribution in [0.1, 0.15) is 12.8 Å². The maximum absolute atomic E-state index is 5.83. The van der Waals surface area contributed by atoms with Crippen LogP contribution in [0.15, 0.2) is 48.9 Å². The summed E-state index contributed by atoms with van der Waals surface area (Å²) in [5, 5.41) is 1.08. The first-order valence-corrected chi connectivity index (χ1v) is 5.74. The topological polar surface area (TPSA) is 31.4 Å². The Labute approximate surface area is 112 Å². The van der Waals surface area contributed by atoms with Crippen LogP contribution >= 0.6 is 12.4 Å². The van der Waals surface area contributed by atoms with E-state index in [-0.39, 0.29) is 18.7 Å². The number of rotatable bonds is 2. The van der Waals surface area contributed by atoms with E-state index in [4.69, 9.17) is 9.47 Å². The van der Waals surface area contributed by atoms with E-state index in [2.05, 4.69) is 4.98 Å². The highest BCUT2D eigenvalue weighted by atomic mass is 35.5. The van der Waals surface area contributed by atoms with Crippen LogP contribution in [0, 0.1) is 0 Å². The lowest BCUT2D eigenvalue weighted by Crippen LogP contribution is -2.20. The molecule has 18 heavy (non-hydrogen) atoms. The van der Waals surface area contributed by atoms with Gasteiger partial charge in [-0.05, 0) is 24.6 Å². The summed E-state index contributed by atoms with van der Waals surface area (Å²) in [4.78, 5) is 4.35. The summed E-state index contributed by atoms with van der Waals surface area (Å²) in [5.41, 5.74) is 0.883. The molecule has 94 valence electrons. The van der Waals surface area contributed by atoms with Crippen molar-refractivity contribution in [1.82, 2.24) is 4.98 Å². The largest absolute Gasteiger partial charge is 0.463 e. The molecule has 0 radical (unpaired) electrons. The van der Waals surface area contributed by atoms with Crippen molar-refractivity contribution in [2.24, 2.45) is 0 Å². The van der Waals surface area contributed by atoms with Crippen molar-refractivity contribution >= 4 is 23.3 Å². The van der Waals surface area contributed by atoms with Gasteiger partial charge in [-0.1, -0.05) is 18.2 Å². The lowest BCUT2D eigenvalue weighted by atomic mass is 10.2. The van der Waals surface area contributed by atoms with Crippen LogP contribution in [0.25, 0.3) is 10.9 Å². The van der Waals surface area contributed by atoms with E-state index in [1.807, 2.05) is 36.4 Å². The van der Waals surface area contributed by atoms with Gasteiger partial charge in [0.05, 0.1) is 6.26 Å². The summed E-state index contributed by atoms with van der Waals surface area (Å²) in [6, 6.07) is 9.87. The molecule has 1 aromatic heterocycles. The van der Waals surface area contributed by atoms with Gasteiger partial charge in [-0.2, -0.15) is 0 Å². The maximum atomic E-state index is 5.83. The Morgan fingerprint density at radius 2 is 2.11 bits per heavy atom. The number of fused-ring (bicyclic) bond motifs is 1. The molecule has 2 aromatic rings. The maximum Gasteiger partial charge on any atom is 0.240 e. The fourth-order valence-electron chi connectivity index (χ4n) is 1.91. The summed E-state index contributed by atoms with van der Waals surface area (Å²) in [5.74, 6) is 0.781. The zero-order valence-electron chi connectivity index (χ0n) is 9.78. The number of ether oxygens (including phenoxy) is 2. The van der Waals surface area contributed by atoms with Crippen molar-refractivity contribution < 1.29 is 9.47 Å². The highest BCUT2D eigenvalue weighted by Crippen LogP contribution is 2.25. The molecule has 0 fully saturated rings. The van der Waals surface area contributed by atoms with Gasteiger partial charge in [-0.15, -0.1) is 12.4 Å². The van der Waals surface area contributed by atoms with E-state index in [0.717, 1.165) is 29.5 Å². The third kappa shape index (κ3) is 2.57. The predicted molar refractivity (Wildman–Crippen MR) is 72.9 cm³/mol. The van der Waals surface area contributed by atoms with E-state index < -0.39 is 0 Å². The van der Waals surface area contributed by atoms with Crippen LogP contribution < -0.4 is 4.74 Å². The van der Waals surface area contributed by atoms with Crippen LogP contribution in [0.3, 0.4) is 0 Å². The van der Waals surface area contributed by atoms with Crippen molar-refractivity contribution in [3.8, 4) is 5.75 Å². The van der Waals surface area contributed by atoms with Crippen LogP contribution in [0.4, 0.5) is 0 Å². The number of halogens is 1. The van der Waals surface area contributed by atoms with Gasteiger partial charge in [0, 0.05) is 18.0 Å². The minimum atomic E-state index is -0.201. The molecule has 1 aromatic carbocycles. The van der Waals surface area contributed by atoms with Gasteiger partial charge < -0.3 is 9.47 Å². The van der Waals surface area contributed by atoms with E-state index >= 15 is 0 Å². The third-order valence-corrected chi connectivity index (χ3v) is 2.75. The highest BCUT2D eigenvalue weighted by molar-refractivity contribution is 5.85. The monoisotopic (exact) mass is 263 g/mol. The molecule has 0 aliphatic carbocycles. The first-order valence-electron chi connectivity index (χ1n) is 5.74. The SMILES string of the molecule is C1=COC(Oc2cccc3cccnc23)CC1.Cl. The van der Waals surface area contributed by atoms with Crippen LogP contribution in [0.2, 0.25) is 0 Å². The van der Waals surface area contributed by atoms with Crippen LogP contribution in [-0.4, -0.2) is 11.3 Å². The van der Waals surface area contributed by atoms with Crippen LogP contribution in [0.5, 0.6) is 5.75 Å². The normalized spacial score (nSPS) is 17.9. The molecule has 0 amide bonds. The van der Waals surface area contributed by atoms with Crippen molar-refractivity contribution in [2.75, 3.05) is 0 Å². The first-order chi connectivity index (χ1) is 8.43. The molecule has 3 rings (SSSR count). The fraction of sp³-hybridized carbons (Fsp3) is 0.214. The van der Waals surface area contributed by atoms with Crippen molar-refractivity contribution in [2.45, 2.75) is 19.1 Å². The van der Waals surface area contributed by atoms with Crippen molar-refractivity contribution in [3.63, 3.8) is 0 Å². The molecule has 0 bridgehead atoms. The number of para-hydroxylation sites is 1. The highest BCUT2D eigenvalue weighted by Gasteiger charge is 2.14. The zero-order valence-corrected chi connectivity index (χ0v) is 10.6. The van der Waals surface area contributed by atoms with Gasteiger partial charge in [-0.25, -0.2) is 0 Å². The average Bonchev–Trinajstić information content (AvgIpc) is 2.40. The summed E-state index contributed by atoms with van der Waals surface area (Å²) in [7, 11) is 0. The summed E-state index contributed by atoms with van der Waals surface area (Å²) < 4.78 is 11.2. The molecular formula is C14H14ClNO2. The Hall–Kier alpha value is -1.74. The van der Waals surface area contributed by atoms with E-state index in [1.165, 1.54) is 0 Å². The smallest absolute Gasteiger partial charge is 0.240 e. The molecule has 0 spiro atoms. The second-order valence-electron chi connectivity index (χ2n) is 3.96. The van der Waals surface area contributed by atoms with Gasteiger partial charge in [-0.3, -0.25) is 4.98 Å². The molecular weight excluding hydrogens is 250 g/mol. The van der Waals surface area contributed by atoms with Crippen molar-refractivity contribution in [3.05, 3.63) is 48.9 Å². The Morgan fingerprint density at radius 3 is 2.94 bits per heavy atom. The molecule has 0 saturated heterocycles. The molecule has 1 unspecified atom stereocenters. The second kappa shape index (κ2) is 5.74. The Balaban J connectivity index is 0.00000120. The molecule has 1 aliphatic rings. The van der Waals surface area contributed by atoms with E-state index in [0.29, 0.717) is 0 Å². The number of hydrogen-bond donors (Lipinski definition) is 0. The van der Waals surface area contributed by atoms with E-state index in [9.17, 15) is 0 Å². The van der Waals surface area contributed by atoms with Crippen molar-refractivity contribution in [1.29, 1.82) is 0 Å². The zero-order chi connectivity index (χ0) is 11.5. The minimum absolute atomic E-state index is 0.